The highest BCUT2D eigenvalue weighted by Crippen LogP contribution is 2.43. The molecule has 2 N–H and O–H groups in total. The first kappa shape index (κ1) is 33.6. The van der Waals surface area contributed by atoms with Crippen molar-refractivity contribution < 1.29 is 23.8 Å². The van der Waals surface area contributed by atoms with E-state index in [9.17, 15) is 9.90 Å². The number of hydrogen-bond donors (Lipinski definition) is 2. The molecule has 4 atom stereocenters. The van der Waals surface area contributed by atoms with Crippen molar-refractivity contribution in [2.45, 2.75) is 90.0 Å². The molecular weight excluding hydrogens is 590 g/mol. The summed E-state index contributed by atoms with van der Waals surface area (Å²) in [5.41, 5.74) is 3.28. The third-order valence-corrected chi connectivity index (χ3v) is 9.83. The SMILES string of the molecule is CCc1cccc(-c2c(Cl)cccc2C(O)(CCCCOC)[C@H]2CN(C(=O)[C@@H]3CC[C@H](NCc4nc(C)oc4C)C3)CCO2)c1. The summed E-state index contributed by atoms with van der Waals surface area (Å²) in [5, 5.41) is 16.9. The van der Waals surface area contributed by atoms with Gasteiger partial charge >= 0.3 is 0 Å². The molecule has 2 aliphatic rings. The molecule has 0 bridgehead atoms. The van der Waals surface area contributed by atoms with E-state index in [2.05, 4.69) is 29.4 Å². The van der Waals surface area contributed by atoms with Crippen molar-refractivity contribution in [2.24, 2.45) is 5.92 Å². The summed E-state index contributed by atoms with van der Waals surface area (Å²) in [6, 6.07) is 14.3. The Balaban J connectivity index is 1.35. The van der Waals surface area contributed by atoms with Crippen molar-refractivity contribution in [3.63, 3.8) is 0 Å². The number of aromatic nitrogens is 1. The maximum absolute atomic E-state index is 13.9. The standard InChI is InChI=1S/C36H48ClN3O5/c1-5-26-10-8-11-27(20-26)34-30(12-9-13-31(34)37)36(42,16-6-7-18-43-4)33-23-40(17-19-44-33)35(41)28-14-15-29(21-28)38-22-32-24(2)45-25(3)39-32/h8-13,20,28-29,33,38,42H,5-7,14-19,21-23H2,1-4H3/t28-,29+,33-,36?/m1/s1. The zero-order chi connectivity index (χ0) is 32.0. The van der Waals surface area contributed by atoms with Gasteiger partial charge in [0.2, 0.25) is 5.91 Å². The number of aryl methyl sites for hydroxylation is 3. The second kappa shape index (κ2) is 15.2. The van der Waals surface area contributed by atoms with Gasteiger partial charge in [-0.2, -0.15) is 0 Å². The van der Waals surface area contributed by atoms with Crippen LogP contribution in [0.3, 0.4) is 0 Å². The number of unbranched alkanes of at least 4 members (excludes halogenated alkanes) is 1. The number of oxazole rings is 1. The zero-order valence-corrected chi connectivity index (χ0v) is 27.9. The van der Waals surface area contributed by atoms with E-state index in [1.165, 1.54) is 5.56 Å². The topological polar surface area (TPSA) is 97.1 Å². The van der Waals surface area contributed by atoms with Crippen LogP contribution in [0.2, 0.25) is 5.02 Å². The molecule has 1 aliphatic carbocycles. The molecule has 0 radical (unpaired) electrons. The number of hydrogen-bond acceptors (Lipinski definition) is 7. The number of methoxy groups -OCH3 is 1. The van der Waals surface area contributed by atoms with Gasteiger partial charge in [-0.25, -0.2) is 4.98 Å². The first-order chi connectivity index (χ1) is 21.7. The van der Waals surface area contributed by atoms with Gasteiger partial charge < -0.3 is 29.2 Å². The number of amides is 1. The zero-order valence-electron chi connectivity index (χ0n) is 27.1. The van der Waals surface area contributed by atoms with Gasteiger partial charge in [-0.3, -0.25) is 4.79 Å². The van der Waals surface area contributed by atoms with Crippen molar-refractivity contribution in [3.8, 4) is 11.1 Å². The van der Waals surface area contributed by atoms with Crippen molar-refractivity contribution in [1.82, 2.24) is 15.2 Å². The van der Waals surface area contributed by atoms with Crippen molar-refractivity contribution in [3.05, 3.63) is 76.0 Å². The Bertz CT molecular complexity index is 1440. The number of carbonyl (C=O) groups is 1. The van der Waals surface area contributed by atoms with E-state index in [0.29, 0.717) is 50.2 Å². The van der Waals surface area contributed by atoms with Crippen molar-refractivity contribution in [2.75, 3.05) is 33.4 Å². The molecule has 2 heterocycles. The molecular formula is C36H48ClN3O5. The molecule has 1 aromatic heterocycles. The van der Waals surface area contributed by atoms with E-state index in [-0.39, 0.29) is 17.9 Å². The average molecular weight is 638 g/mol. The minimum Gasteiger partial charge on any atom is -0.446 e. The maximum Gasteiger partial charge on any atom is 0.225 e. The van der Waals surface area contributed by atoms with Crippen LogP contribution < -0.4 is 5.32 Å². The molecule has 8 nitrogen and oxygen atoms in total. The van der Waals surface area contributed by atoms with E-state index < -0.39 is 11.7 Å². The Hall–Kier alpha value is -2.75. The minimum absolute atomic E-state index is 0.0605. The highest BCUT2D eigenvalue weighted by molar-refractivity contribution is 6.33. The number of carbonyl (C=O) groups excluding carboxylic acids is 1. The Morgan fingerprint density at radius 2 is 2.02 bits per heavy atom. The summed E-state index contributed by atoms with van der Waals surface area (Å²) in [4.78, 5) is 20.3. The summed E-state index contributed by atoms with van der Waals surface area (Å²) in [5.74, 6) is 1.59. The Morgan fingerprint density at radius 1 is 1.20 bits per heavy atom. The van der Waals surface area contributed by atoms with Crippen LogP contribution in [0.1, 0.15) is 73.9 Å². The lowest BCUT2D eigenvalue weighted by atomic mass is 9.78. The number of aliphatic hydroxyl groups is 1. The van der Waals surface area contributed by atoms with Gasteiger partial charge in [-0.1, -0.05) is 54.9 Å². The Morgan fingerprint density at radius 3 is 2.78 bits per heavy atom. The quantitative estimate of drug-likeness (QED) is 0.210. The molecule has 5 rings (SSSR count). The summed E-state index contributed by atoms with van der Waals surface area (Å²) in [6.07, 6.45) is 4.85. The largest absolute Gasteiger partial charge is 0.446 e. The van der Waals surface area contributed by atoms with Crippen molar-refractivity contribution in [1.29, 1.82) is 0 Å². The number of nitrogens with zero attached hydrogens (tertiary/aromatic N) is 2. The Kier molecular flexibility index (Phi) is 11.4. The third kappa shape index (κ3) is 7.80. The lowest BCUT2D eigenvalue weighted by molar-refractivity contribution is -0.167. The van der Waals surface area contributed by atoms with Gasteiger partial charge in [0.25, 0.3) is 0 Å². The fourth-order valence-electron chi connectivity index (χ4n) is 7.00. The normalized spacial score (nSPS) is 21.6. The molecule has 244 valence electrons. The average Bonchev–Trinajstić information content (AvgIpc) is 3.66. The second-order valence-corrected chi connectivity index (χ2v) is 13.0. The number of halogens is 1. The molecule has 2 fully saturated rings. The lowest BCUT2D eigenvalue weighted by Crippen LogP contribution is -2.55. The molecule has 1 unspecified atom stereocenters. The van der Waals surface area contributed by atoms with Crippen LogP contribution in [0.5, 0.6) is 0 Å². The van der Waals surface area contributed by atoms with E-state index in [1.807, 2.05) is 49.1 Å². The number of nitrogens with one attached hydrogen (secondary N) is 1. The lowest BCUT2D eigenvalue weighted by Gasteiger charge is -2.44. The number of morpholine rings is 1. The van der Waals surface area contributed by atoms with E-state index in [4.69, 9.17) is 25.5 Å². The van der Waals surface area contributed by atoms with Crippen LogP contribution in [-0.4, -0.2) is 66.5 Å². The van der Waals surface area contributed by atoms with Crippen LogP contribution in [0, 0.1) is 19.8 Å². The van der Waals surface area contributed by atoms with Crippen LogP contribution in [0.4, 0.5) is 0 Å². The molecule has 1 saturated heterocycles. The van der Waals surface area contributed by atoms with Gasteiger partial charge in [0.1, 0.15) is 17.5 Å². The monoisotopic (exact) mass is 637 g/mol. The molecule has 45 heavy (non-hydrogen) atoms. The number of ether oxygens (including phenoxy) is 2. The summed E-state index contributed by atoms with van der Waals surface area (Å²) < 4.78 is 17.2. The highest BCUT2D eigenvalue weighted by Gasteiger charge is 2.45. The second-order valence-electron chi connectivity index (χ2n) is 12.6. The molecule has 0 spiro atoms. The maximum atomic E-state index is 13.9. The van der Waals surface area contributed by atoms with Gasteiger partial charge in [0, 0.05) is 56.3 Å². The summed E-state index contributed by atoms with van der Waals surface area (Å²) in [6.45, 7) is 8.37. The fraction of sp³-hybridized carbons (Fsp3) is 0.556. The first-order valence-electron chi connectivity index (χ1n) is 16.4. The number of rotatable bonds is 13. The number of benzene rings is 2. The molecule has 9 heteroatoms. The molecule has 1 aliphatic heterocycles. The van der Waals surface area contributed by atoms with Gasteiger partial charge in [0.15, 0.2) is 5.89 Å². The van der Waals surface area contributed by atoms with Crippen LogP contribution in [0.15, 0.2) is 46.9 Å². The molecule has 1 saturated carbocycles. The molecule has 3 aromatic rings. The predicted molar refractivity (Wildman–Crippen MR) is 176 cm³/mol. The fourth-order valence-corrected chi connectivity index (χ4v) is 7.28. The summed E-state index contributed by atoms with van der Waals surface area (Å²) in [7, 11) is 1.69. The van der Waals surface area contributed by atoms with Crippen LogP contribution in [0.25, 0.3) is 11.1 Å². The van der Waals surface area contributed by atoms with E-state index in [0.717, 1.165) is 66.7 Å². The predicted octanol–water partition coefficient (Wildman–Crippen LogP) is 6.36. The van der Waals surface area contributed by atoms with Gasteiger partial charge in [-0.05, 0) is 74.6 Å². The van der Waals surface area contributed by atoms with Crippen LogP contribution >= 0.6 is 11.6 Å². The minimum atomic E-state index is -1.36. The van der Waals surface area contributed by atoms with Crippen LogP contribution in [-0.2, 0) is 32.8 Å². The van der Waals surface area contributed by atoms with Gasteiger partial charge in [0.05, 0.1) is 18.8 Å². The third-order valence-electron chi connectivity index (χ3n) is 9.51. The molecule has 2 aromatic carbocycles. The smallest absolute Gasteiger partial charge is 0.225 e. The van der Waals surface area contributed by atoms with Gasteiger partial charge in [-0.15, -0.1) is 0 Å². The van der Waals surface area contributed by atoms with E-state index >= 15 is 0 Å². The summed E-state index contributed by atoms with van der Waals surface area (Å²) >= 11 is 6.89. The Labute approximate surface area is 272 Å². The molecule has 1 amide bonds. The highest BCUT2D eigenvalue weighted by atomic mass is 35.5. The van der Waals surface area contributed by atoms with Crippen molar-refractivity contribution >= 4 is 17.5 Å². The van der Waals surface area contributed by atoms with E-state index in [1.54, 1.807) is 7.11 Å². The first-order valence-corrected chi connectivity index (χ1v) is 16.8.